The van der Waals surface area contributed by atoms with Gasteiger partial charge in [-0.1, -0.05) is 38.7 Å². The highest BCUT2D eigenvalue weighted by atomic mass is 32.2. The normalized spacial score (nSPS) is 9.73. The van der Waals surface area contributed by atoms with Gasteiger partial charge in [0, 0.05) is 4.24 Å². The Kier molecular flexibility index (Phi) is 8.88. The van der Waals surface area contributed by atoms with Crippen LogP contribution in [0.15, 0.2) is 10.3 Å². The van der Waals surface area contributed by atoms with E-state index in [0.29, 0.717) is 0 Å². The van der Waals surface area contributed by atoms with Crippen molar-refractivity contribution in [2.45, 2.75) is 45.4 Å². The van der Waals surface area contributed by atoms with Crippen LogP contribution in [-0.2, 0) is 0 Å². The smallest absolute Gasteiger partial charge is 0.0299 e. The first-order chi connectivity index (χ1) is 5.27. The molecule has 0 bridgehead atoms. The van der Waals surface area contributed by atoms with Gasteiger partial charge in [0.25, 0.3) is 0 Å². The van der Waals surface area contributed by atoms with Gasteiger partial charge in [0.05, 0.1) is 0 Å². The molecule has 11 heavy (non-hydrogen) atoms. The summed E-state index contributed by atoms with van der Waals surface area (Å²) in [6, 6.07) is 0. The topological polar surface area (TPSA) is 0 Å². The highest BCUT2D eigenvalue weighted by Crippen LogP contribution is 2.10. The summed E-state index contributed by atoms with van der Waals surface area (Å²) in [5.41, 5.74) is 0. The third-order valence-electron chi connectivity index (χ3n) is 1.63. The van der Waals surface area contributed by atoms with Crippen LogP contribution < -0.4 is 0 Å². The summed E-state index contributed by atoms with van der Waals surface area (Å²) in [4.78, 5) is 0. The maximum atomic E-state index is 4.07. The molecule has 66 valence electrons. The lowest BCUT2D eigenvalue weighted by atomic mass is 10.1. The molecule has 0 amide bonds. The van der Waals surface area contributed by atoms with Crippen LogP contribution in [-0.4, -0.2) is 0 Å². The predicted octanol–water partition coefficient (Wildman–Crippen LogP) is 4.05. The molecule has 0 fully saturated rings. The second-order valence-electron chi connectivity index (χ2n) is 2.77. The molecule has 0 rings (SSSR count). The molecule has 0 saturated heterocycles. The van der Waals surface area contributed by atoms with E-state index in [1.165, 1.54) is 32.1 Å². The molecule has 0 aromatic heterocycles. The van der Waals surface area contributed by atoms with Gasteiger partial charge in [0.2, 0.25) is 0 Å². The molecule has 0 aromatic rings. The van der Waals surface area contributed by atoms with Crippen molar-refractivity contribution in [2.75, 3.05) is 0 Å². The maximum Gasteiger partial charge on any atom is 0.0299 e. The molecular weight excluding hydrogens is 172 g/mol. The fourth-order valence-corrected chi connectivity index (χ4v) is 1.24. The fraction of sp³-hybridized carbons (Fsp3) is 0.778. The fourth-order valence-electron chi connectivity index (χ4n) is 0.979. The molecule has 0 aliphatic carbocycles. The summed E-state index contributed by atoms with van der Waals surface area (Å²) in [6.45, 7) is 2.24. The molecule has 0 atom stereocenters. The number of unbranched alkanes of at least 4 members (excludes halogenated alkanes) is 5. The summed E-state index contributed by atoms with van der Waals surface area (Å²) in [5.74, 6) is 0. The van der Waals surface area contributed by atoms with Crippen molar-refractivity contribution in [3.05, 3.63) is 10.3 Å². The molecule has 0 aliphatic rings. The Balaban J connectivity index is 2.97. The van der Waals surface area contributed by atoms with Gasteiger partial charge < -0.3 is 0 Å². The summed E-state index contributed by atoms with van der Waals surface area (Å²) < 4.78 is 0.848. The van der Waals surface area contributed by atoms with Gasteiger partial charge >= 0.3 is 0 Å². The van der Waals surface area contributed by atoms with Crippen molar-refractivity contribution in [1.82, 2.24) is 0 Å². The third-order valence-corrected chi connectivity index (χ3v) is 2.00. The first kappa shape index (κ1) is 11.4. The zero-order chi connectivity index (χ0) is 8.53. The van der Waals surface area contributed by atoms with E-state index < -0.39 is 0 Å². The Morgan fingerprint density at radius 3 is 2.27 bits per heavy atom. The van der Waals surface area contributed by atoms with Crippen LogP contribution in [0, 0.1) is 0 Å². The Morgan fingerprint density at radius 1 is 1.09 bits per heavy atom. The van der Waals surface area contributed by atoms with Gasteiger partial charge in [-0.15, -0.1) is 25.3 Å². The second kappa shape index (κ2) is 8.54. The van der Waals surface area contributed by atoms with Crippen molar-refractivity contribution < 1.29 is 0 Å². The lowest BCUT2D eigenvalue weighted by Gasteiger charge is -1.96. The van der Waals surface area contributed by atoms with E-state index in [9.17, 15) is 0 Å². The summed E-state index contributed by atoms with van der Waals surface area (Å²) in [5, 5.41) is 0. The summed E-state index contributed by atoms with van der Waals surface area (Å²) >= 11 is 8.13. The minimum absolute atomic E-state index is 0.848. The van der Waals surface area contributed by atoms with E-state index in [4.69, 9.17) is 0 Å². The number of thiol groups is 2. The van der Waals surface area contributed by atoms with Crippen LogP contribution in [0.4, 0.5) is 0 Å². The molecule has 0 spiro atoms. The van der Waals surface area contributed by atoms with Crippen molar-refractivity contribution in [3.8, 4) is 0 Å². The monoisotopic (exact) mass is 190 g/mol. The highest BCUT2D eigenvalue weighted by molar-refractivity contribution is 8.04. The first-order valence-electron chi connectivity index (χ1n) is 4.35. The van der Waals surface area contributed by atoms with E-state index in [2.05, 4.69) is 38.3 Å². The second-order valence-corrected chi connectivity index (χ2v) is 4.08. The van der Waals surface area contributed by atoms with Crippen molar-refractivity contribution in [2.24, 2.45) is 0 Å². The average Bonchev–Trinajstić information content (AvgIpc) is 1.96. The average molecular weight is 190 g/mol. The van der Waals surface area contributed by atoms with Gasteiger partial charge in [-0.2, -0.15) is 0 Å². The molecule has 0 nitrogen and oxygen atoms in total. The zero-order valence-electron chi connectivity index (χ0n) is 7.21. The molecule has 0 aromatic carbocycles. The lowest BCUT2D eigenvalue weighted by molar-refractivity contribution is 0.637. The molecule has 0 unspecified atom stereocenters. The summed E-state index contributed by atoms with van der Waals surface area (Å²) in [6.07, 6.45) is 9.89. The summed E-state index contributed by atoms with van der Waals surface area (Å²) in [7, 11) is 0. The molecule has 0 aliphatic heterocycles. The Labute approximate surface area is 81.3 Å². The SMILES string of the molecule is CCCCCCCC=C(S)S. The molecule has 0 saturated carbocycles. The molecule has 0 N–H and O–H groups in total. The van der Waals surface area contributed by atoms with E-state index in [-0.39, 0.29) is 0 Å². The standard InChI is InChI=1S/C9H18S2/c1-2-3-4-5-6-7-8-9(10)11/h8,10-11H,2-7H2,1H3. The van der Waals surface area contributed by atoms with Gasteiger partial charge in [0.1, 0.15) is 0 Å². The molecular formula is C9H18S2. The molecule has 0 heterocycles. The molecule has 2 heteroatoms. The Hall–Kier alpha value is 0.440. The van der Waals surface area contributed by atoms with Gasteiger partial charge in [-0.05, 0) is 12.8 Å². The predicted molar refractivity (Wildman–Crippen MR) is 59.4 cm³/mol. The number of rotatable bonds is 6. The Bertz CT molecular complexity index is 104. The van der Waals surface area contributed by atoms with E-state index in [1.807, 2.05) is 0 Å². The highest BCUT2D eigenvalue weighted by Gasteiger charge is 1.86. The quantitative estimate of drug-likeness (QED) is 0.458. The van der Waals surface area contributed by atoms with Crippen molar-refractivity contribution >= 4 is 25.3 Å². The van der Waals surface area contributed by atoms with Crippen LogP contribution in [0.2, 0.25) is 0 Å². The number of hydrogen-bond acceptors (Lipinski definition) is 2. The minimum Gasteiger partial charge on any atom is -0.137 e. The zero-order valence-corrected chi connectivity index (χ0v) is 9.00. The van der Waals surface area contributed by atoms with Crippen LogP contribution in [0.1, 0.15) is 45.4 Å². The van der Waals surface area contributed by atoms with Crippen molar-refractivity contribution in [3.63, 3.8) is 0 Å². The third kappa shape index (κ3) is 10.4. The first-order valence-corrected chi connectivity index (χ1v) is 5.25. The van der Waals surface area contributed by atoms with Gasteiger partial charge in [0.15, 0.2) is 0 Å². The van der Waals surface area contributed by atoms with Crippen LogP contribution in [0.3, 0.4) is 0 Å². The van der Waals surface area contributed by atoms with E-state index >= 15 is 0 Å². The molecule has 0 radical (unpaired) electrons. The maximum absolute atomic E-state index is 4.07. The minimum atomic E-state index is 0.848. The Morgan fingerprint density at radius 2 is 1.73 bits per heavy atom. The van der Waals surface area contributed by atoms with E-state index in [1.54, 1.807) is 0 Å². The lowest BCUT2D eigenvalue weighted by Crippen LogP contribution is -1.75. The number of allylic oxidation sites excluding steroid dienone is 1. The number of hydrogen-bond donors (Lipinski definition) is 2. The van der Waals surface area contributed by atoms with Crippen LogP contribution >= 0.6 is 25.3 Å². The van der Waals surface area contributed by atoms with Crippen LogP contribution in [0.25, 0.3) is 0 Å². The van der Waals surface area contributed by atoms with Gasteiger partial charge in [-0.3, -0.25) is 0 Å². The van der Waals surface area contributed by atoms with Crippen molar-refractivity contribution in [1.29, 1.82) is 0 Å². The van der Waals surface area contributed by atoms with Crippen LogP contribution in [0.5, 0.6) is 0 Å². The van der Waals surface area contributed by atoms with E-state index in [0.717, 1.165) is 10.7 Å². The van der Waals surface area contributed by atoms with Gasteiger partial charge in [-0.25, -0.2) is 0 Å². The largest absolute Gasteiger partial charge is 0.137 e.